The lowest BCUT2D eigenvalue weighted by Gasteiger charge is -2.35. The third-order valence-electron chi connectivity index (χ3n) is 5.91. The number of halogens is 1. The Morgan fingerprint density at radius 1 is 1.03 bits per heavy atom. The van der Waals surface area contributed by atoms with Gasteiger partial charge in [0.1, 0.15) is 11.6 Å². The van der Waals surface area contributed by atoms with Crippen LogP contribution in [0.1, 0.15) is 15.9 Å². The maximum Gasteiger partial charge on any atom is 0.254 e. The van der Waals surface area contributed by atoms with Crippen LogP contribution in [0.5, 0.6) is 0 Å². The van der Waals surface area contributed by atoms with Crippen LogP contribution in [-0.2, 0) is 12.8 Å². The molecule has 0 aliphatic carbocycles. The van der Waals surface area contributed by atoms with Gasteiger partial charge in [0.2, 0.25) is 0 Å². The molecule has 0 unspecified atom stereocenters. The van der Waals surface area contributed by atoms with Crippen LogP contribution >= 0.6 is 11.8 Å². The molecule has 5 rings (SSSR count). The number of nitrogens with zero attached hydrogens (tertiary/aromatic N) is 5. The van der Waals surface area contributed by atoms with E-state index >= 15 is 0 Å². The van der Waals surface area contributed by atoms with E-state index in [2.05, 4.69) is 9.88 Å². The van der Waals surface area contributed by atoms with Gasteiger partial charge in [0.15, 0.2) is 5.16 Å². The van der Waals surface area contributed by atoms with Crippen molar-refractivity contribution in [2.75, 3.05) is 31.1 Å². The summed E-state index contributed by atoms with van der Waals surface area (Å²) in [7, 11) is 1.96. The number of piperazine rings is 1. The van der Waals surface area contributed by atoms with Crippen molar-refractivity contribution in [3.05, 3.63) is 83.8 Å². The maximum atomic E-state index is 13.2. The van der Waals surface area contributed by atoms with E-state index < -0.39 is 0 Å². The third-order valence-corrected chi connectivity index (χ3v) is 7.01. The monoisotopic (exact) mass is 461 g/mol. The molecule has 1 fully saturated rings. The number of carbonyl (C=O) groups excluding carboxylic acids is 1. The number of benzene rings is 2. The molecule has 0 radical (unpaired) electrons. The minimum absolute atomic E-state index is 0.0410. The molecule has 0 atom stereocenters. The number of anilines is 1. The van der Waals surface area contributed by atoms with Crippen molar-refractivity contribution in [3.63, 3.8) is 0 Å². The molecule has 3 heterocycles. The molecule has 8 heteroatoms. The molecule has 1 aliphatic rings. The van der Waals surface area contributed by atoms with Gasteiger partial charge in [0, 0.05) is 50.7 Å². The molecule has 4 aromatic rings. The van der Waals surface area contributed by atoms with Gasteiger partial charge in [-0.25, -0.2) is 14.4 Å². The van der Waals surface area contributed by atoms with Crippen molar-refractivity contribution in [2.45, 2.75) is 10.9 Å². The molecule has 0 spiro atoms. The van der Waals surface area contributed by atoms with Crippen LogP contribution in [0, 0.1) is 5.82 Å². The van der Waals surface area contributed by atoms with Crippen molar-refractivity contribution < 1.29 is 9.18 Å². The molecule has 0 N–H and O–H groups in total. The number of aromatic nitrogens is 3. The number of thioether (sulfide) groups is 1. The summed E-state index contributed by atoms with van der Waals surface area (Å²) in [4.78, 5) is 26.4. The Hall–Kier alpha value is -3.39. The number of hydrogen-bond donors (Lipinski definition) is 0. The fraction of sp³-hybridized carbons (Fsp3) is 0.240. The lowest BCUT2D eigenvalue weighted by molar-refractivity contribution is 0.0746. The zero-order chi connectivity index (χ0) is 22.8. The van der Waals surface area contributed by atoms with Gasteiger partial charge in [-0.2, -0.15) is 0 Å². The zero-order valence-corrected chi connectivity index (χ0v) is 19.1. The standard InChI is InChI=1S/C25H24FN5OS/c1-29-22-16-19(24(32)31-14-12-30(13-15-31)23-4-2-3-11-27-23)7-10-21(22)28-25(29)33-17-18-5-8-20(26)9-6-18/h2-11,16H,12-15,17H2,1H3. The molecular weight excluding hydrogens is 437 g/mol. The van der Waals surface area contributed by atoms with E-state index in [0.29, 0.717) is 24.4 Å². The highest BCUT2D eigenvalue weighted by Crippen LogP contribution is 2.27. The summed E-state index contributed by atoms with van der Waals surface area (Å²) >= 11 is 1.59. The average Bonchev–Trinajstić information content (AvgIpc) is 3.18. The first-order valence-corrected chi connectivity index (χ1v) is 11.9. The molecule has 0 saturated carbocycles. The molecule has 1 aliphatic heterocycles. The van der Waals surface area contributed by atoms with E-state index in [1.807, 2.05) is 52.9 Å². The lowest BCUT2D eigenvalue weighted by Crippen LogP contribution is -2.49. The number of carbonyl (C=O) groups is 1. The molecule has 33 heavy (non-hydrogen) atoms. The van der Waals surface area contributed by atoms with E-state index in [9.17, 15) is 9.18 Å². The zero-order valence-electron chi connectivity index (χ0n) is 18.3. The molecule has 6 nitrogen and oxygen atoms in total. The molecule has 168 valence electrons. The number of imidazole rings is 1. The van der Waals surface area contributed by atoms with E-state index in [4.69, 9.17) is 4.98 Å². The Bertz CT molecular complexity index is 1270. The van der Waals surface area contributed by atoms with Gasteiger partial charge in [-0.05, 0) is 48.0 Å². The smallest absolute Gasteiger partial charge is 0.254 e. The second-order valence-corrected chi connectivity index (χ2v) is 8.98. The average molecular weight is 462 g/mol. The summed E-state index contributed by atoms with van der Waals surface area (Å²) in [5.74, 6) is 1.46. The van der Waals surface area contributed by atoms with E-state index in [1.54, 1.807) is 30.1 Å². The molecule has 0 bridgehead atoms. The van der Waals surface area contributed by atoms with Crippen LogP contribution in [0.15, 0.2) is 72.0 Å². The fourth-order valence-corrected chi connectivity index (χ4v) is 4.96. The number of amides is 1. The number of rotatable bonds is 5. The highest BCUT2D eigenvalue weighted by Gasteiger charge is 2.23. The highest BCUT2D eigenvalue weighted by atomic mass is 32.2. The van der Waals surface area contributed by atoms with Crippen molar-refractivity contribution in [2.24, 2.45) is 7.05 Å². The first-order chi connectivity index (χ1) is 16.1. The van der Waals surface area contributed by atoms with Crippen LogP contribution in [0.3, 0.4) is 0 Å². The van der Waals surface area contributed by atoms with Crippen molar-refractivity contribution in [1.82, 2.24) is 19.4 Å². The third kappa shape index (κ3) is 4.57. The fourth-order valence-electron chi connectivity index (χ4n) is 4.02. The highest BCUT2D eigenvalue weighted by molar-refractivity contribution is 7.98. The molecule has 1 amide bonds. The van der Waals surface area contributed by atoms with E-state index in [-0.39, 0.29) is 11.7 Å². The Kier molecular flexibility index (Phi) is 6.00. The summed E-state index contributed by atoms with van der Waals surface area (Å²) in [6.07, 6.45) is 1.79. The van der Waals surface area contributed by atoms with Gasteiger partial charge in [-0.15, -0.1) is 0 Å². The van der Waals surface area contributed by atoms with Crippen LogP contribution in [0.25, 0.3) is 11.0 Å². The Balaban J connectivity index is 1.27. The predicted molar refractivity (Wildman–Crippen MR) is 129 cm³/mol. The minimum atomic E-state index is -0.234. The Morgan fingerprint density at radius 3 is 2.55 bits per heavy atom. The van der Waals surface area contributed by atoms with Crippen LogP contribution in [-0.4, -0.2) is 51.5 Å². The topological polar surface area (TPSA) is 54.3 Å². The SMILES string of the molecule is Cn1c(SCc2ccc(F)cc2)nc2ccc(C(=O)N3CCN(c4ccccn4)CC3)cc21. The first-order valence-electron chi connectivity index (χ1n) is 10.9. The van der Waals surface area contributed by atoms with E-state index in [1.165, 1.54) is 12.1 Å². The maximum absolute atomic E-state index is 13.2. The summed E-state index contributed by atoms with van der Waals surface area (Å²) < 4.78 is 15.1. The number of hydrogen-bond acceptors (Lipinski definition) is 5. The summed E-state index contributed by atoms with van der Waals surface area (Å²) in [6.45, 7) is 2.86. The largest absolute Gasteiger partial charge is 0.353 e. The minimum Gasteiger partial charge on any atom is -0.353 e. The van der Waals surface area contributed by atoms with Gasteiger partial charge in [-0.3, -0.25) is 4.79 Å². The van der Waals surface area contributed by atoms with Crippen LogP contribution in [0.4, 0.5) is 10.2 Å². The Morgan fingerprint density at radius 2 is 1.82 bits per heavy atom. The predicted octanol–water partition coefficient (Wildman–Crippen LogP) is 4.36. The number of fused-ring (bicyclic) bond motifs is 1. The molecule has 1 saturated heterocycles. The van der Waals surface area contributed by atoms with Gasteiger partial charge >= 0.3 is 0 Å². The van der Waals surface area contributed by atoms with E-state index in [0.717, 1.165) is 40.7 Å². The first kappa shape index (κ1) is 21.5. The van der Waals surface area contributed by atoms with Crippen molar-refractivity contribution >= 4 is 34.5 Å². The second-order valence-electron chi connectivity index (χ2n) is 8.04. The summed E-state index contributed by atoms with van der Waals surface area (Å²) in [6, 6.07) is 18.1. The van der Waals surface area contributed by atoms with Gasteiger partial charge in [-0.1, -0.05) is 30.0 Å². The summed E-state index contributed by atoms with van der Waals surface area (Å²) in [5.41, 5.74) is 3.49. The number of aryl methyl sites for hydroxylation is 1. The second kappa shape index (κ2) is 9.23. The Labute approximate surface area is 196 Å². The molecule has 2 aromatic carbocycles. The van der Waals surface area contributed by atoms with Gasteiger partial charge < -0.3 is 14.4 Å². The van der Waals surface area contributed by atoms with Crippen molar-refractivity contribution in [3.8, 4) is 0 Å². The van der Waals surface area contributed by atoms with Crippen molar-refractivity contribution in [1.29, 1.82) is 0 Å². The van der Waals surface area contributed by atoms with Crippen LogP contribution in [0.2, 0.25) is 0 Å². The molecule has 2 aromatic heterocycles. The normalized spacial score (nSPS) is 14.1. The quantitative estimate of drug-likeness (QED) is 0.414. The summed E-state index contributed by atoms with van der Waals surface area (Å²) in [5, 5.41) is 0.864. The molecular formula is C25H24FN5OS. The number of pyridine rings is 1. The lowest BCUT2D eigenvalue weighted by atomic mass is 10.1. The van der Waals surface area contributed by atoms with Gasteiger partial charge in [0.25, 0.3) is 5.91 Å². The van der Waals surface area contributed by atoms with Gasteiger partial charge in [0.05, 0.1) is 11.0 Å². The van der Waals surface area contributed by atoms with Crippen LogP contribution < -0.4 is 4.90 Å².